The topological polar surface area (TPSA) is 93.1 Å². The monoisotopic (exact) mass is 566 g/mol. The van der Waals surface area contributed by atoms with Crippen molar-refractivity contribution in [3.05, 3.63) is 71.8 Å². The van der Waals surface area contributed by atoms with Gasteiger partial charge in [0.1, 0.15) is 0 Å². The first-order chi connectivity index (χ1) is 15.9. The maximum atomic E-state index is 10.6. The molecule has 33 heavy (non-hydrogen) atoms. The molecule has 0 fully saturated rings. The van der Waals surface area contributed by atoms with Crippen molar-refractivity contribution in [3.63, 3.8) is 0 Å². The van der Waals surface area contributed by atoms with Crippen molar-refractivity contribution in [1.82, 2.24) is 0 Å². The predicted molar refractivity (Wildman–Crippen MR) is 133 cm³/mol. The van der Waals surface area contributed by atoms with Crippen molar-refractivity contribution in [2.75, 3.05) is 14.2 Å². The van der Waals surface area contributed by atoms with Gasteiger partial charge in [-0.1, -0.05) is 60.7 Å². The van der Waals surface area contributed by atoms with Crippen molar-refractivity contribution >= 4 is 33.1 Å². The standard InChI is InChI=1S/2C9H10O3.2C4H9.Sn/c2*1-12-8(9(10)11)7-5-3-2-4-6-7;2*1-3-4-2;/h2*2-6,8H,1H3,(H,10,11);2*1,3-4H2,2H3;. The Hall–Kier alpha value is -1.90. The third-order valence-corrected chi connectivity index (χ3v) is 8.58. The van der Waals surface area contributed by atoms with E-state index >= 15 is 0 Å². The molecule has 2 rings (SSSR count). The van der Waals surface area contributed by atoms with Crippen LogP contribution in [0.15, 0.2) is 60.7 Å². The molecule has 182 valence electrons. The predicted octanol–water partition coefficient (Wildman–Crippen LogP) is 6.04. The number of benzene rings is 2. The molecule has 0 aliphatic rings. The van der Waals surface area contributed by atoms with Crippen molar-refractivity contribution in [2.45, 2.75) is 60.6 Å². The van der Waals surface area contributed by atoms with E-state index in [4.69, 9.17) is 19.7 Å². The van der Waals surface area contributed by atoms with Crippen LogP contribution in [0.4, 0.5) is 0 Å². The van der Waals surface area contributed by atoms with Gasteiger partial charge in [-0.15, -0.1) is 0 Å². The van der Waals surface area contributed by atoms with Gasteiger partial charge in [-0.3, -0.25) is 0 Å². The molecule has 2 unspecified atom stereocenters. The van der Waals surface area contributed by atoms with E-state index in [0.717, 1.165) is 0 Å². The Balaban J connectivity index is 0.000000472. The fourth-order valence-electron chi connectivity index (χ4n) is 2.74. The first kappa shape index (κ1) is 31.1. The smallest absolute Gasteiger partial charge is 0.337 e. The first-order valence-electron chi connectivity index (χ1n) is 11.2. The van der Waals surface area contributed by atoms with Gasteiger partial charge in [0.05, 0.1) is 0 Å². The minimum absolute atomic E-state index is 0.149. The largest absolute Gasteiger partial charge is 0.479 e. The molecule has 0 aromatic heterocycles. The Morgan fingerprint density at radius 3 is 1.30 bits per heavy atom. The Morgan fingerprint density at radius 2 is 1.06 bits per heavy atom. The van der Waals surface area contributed by atoms with Crippen LogP contribution >= 0.6 is 0 Å². The van der Waals surface area contributed by atoms with Crippen molar-refractivity contribution < 1.29 is 29.3 Å². The molecule has 0 aliphatic carbocycles. The number of unbranched alkanes of at least 4 members (excludes halogenated alkanes) is 2. The number of ether oxygens (including phenoxy) is 2. The van der Waals surface area contributed by atoms with Crippen LogP contribution in [0.5, 0.6) is 0 Å². The van der Waals surface area contributed by atoms with Crippen LogP contribution in [0.25, 0.3) is 0 Å². The van der Waals surface area contributed by atoms with Gasteiger partial charge >= 0.3 is 81.5 Å². The molecule has 7 heteroatoms. The van der Waals surface area contributed by atoms with E-state index < -0.39 is 24.1 Å². The summed E-state index contributed by atoms with van der Waals surface area (Å²) >= 11 is 0.149. The summed E-state index contributed by atoms with van der Waals surface area (Å²) in [5.74, 6) is -1.94. The number of hydrogen-bond acceptors (Lipinski definition) is 4. The summed E-state index contributed by atoms with van der Waals surface area (Å²) in [4.78, 5) is 21.2. The summed E-state index contributed by atoms with van der Waals surface area (Å²) in [6, 6.07) is 17.7. The number of rotatable bonds is 12. The summed E-state index contributed by atoms with van der Waals surface area (Å²) in [5, 5.41) is 17.4. The second-order valence-electron chi connectivity index (χ2n) is 7.19. The van der Waals surface area contributed by atoms with Crippen molar-refractivity contribution in [2.24, 2.45) is 0 Å². The Labute approximate surface area is 208 Å². The average Bonchev–Trinajstić information content (AvgIpc) is 2.82. The molecule has 0 bridgehead atoms. The average molecular weight is 565 g/mol. The summed E-state index contributed by atoms with van der Waals surface area (Å²) < 4.78 is 12.8. The van der Waals surface area contributed by atoms with Crippen LogP contribution in [-0.4, -0.2) is 57.5 Å². The zero-order valence-electron chi connectivity index (χ0n) is 20.2. The number of hydrogen-bond donors (Lipinski definition) is 2. The molecule has 2 N–H and O–H groups in total. The minimum atomic E-state index is -0.969. The quantitative estimate of drug-likeness (QED) is 0.241. The molecule has 2 aromatic rings. The number of carboxylic acids is 2. The molecule has 2 radical (unpaired) electrons. The maximum absolute atomic E-state index is 10.6. The Kier molecular flexibility index (Phi) is 19.5. The van der Waals surface area contributed by atoms with Gasteiger partial charge in [0, 0.05) is 14.2 Å². The number of carboxylic acid groups (broad SMARTS) is 2. The molecular weight excluding hydrogens is 527 g/mol. The van der Waals surface area contributed by atoms with Crippen LogP contribution in [-0.2, 0) is 19.1 Å². The molecule has 0 aliphatic heterocycles. The molecule has 2 atom stereocenters. The van der Waals surface area contributed by atoms with E-state index in [2.05, 4.69) is 13.8 Å². The van der Waals surface area contributed by atoms with Crippen molar-refractivity contribution in [1.29, 1.82) is 0 Å². The fourth-order valence-corrected chi connectivity index (χ4v) is 6.90. The zero-order valence-corrected chi connectivity index (χ0v) is 23.1. The van der Waals surface area contributed by atoms with Crippen LogP contribution in [0.3, 0.4) is 0 Å². The van der Waals surface area contributed by atoms with Crippen LogP contribution < -0.4 is 0 Å². The SMILES string of the molecule is CCC[CH2][Sn][CH2]CCC.COC(C(=O)O)c1ccccc1.COC(C(=O)O)c1ccccc1. The third kappa shape index (κ3) is 14.8. The fraction of sp³-hybridized carbons (Fsp3) is 0.462. The summed E-state index contributed by atoms with van der Waals surface area (Å²) in [6.45, 7) is 4.58. The normalized spacial score (nSPS) is 11.8. The van der Waals surface area contributed by atoms with Crippen LogP contribution in [0.2, 0.25) is 8.87 Å². The number of carbonyl (C=O) groups is 2. The molecule has 0 heterocycles. The molecule has 0 spiro atoms. The molecule has 6 nitrogen and oxygen atoms in total. The summed E-state index contributed by atoms with van der Waals surface area (Å²) in [6.07, 6.45) is 4.13. The van der Waals surface area contributed by atoms with Crippen LogP contribution in [0.1, 0.15) is 62.9 Å². The van der Waals surface area contributed by atoms with E-state index in [1.165, 1.54) is 39.9 Å². The third-order valence-electron chi connectivity index (χ3n) is 4.54. The van der Waals surface area contributed by atoms with Gasteiger partial charge in [-0.05, 0) is 11.1 Å². The molecule has 2 aromatic carbocycles. The van der Waals surface area contributed by atoms with E-state index in [1.54, 1.807) is 57.4 Å². The van der Waals surface area contributed by atoms with E-state index in [9.17, 15) is 9.59 Å². The summed E-state index contributed by atoms with van der Waals surface area (Å²) in [7, 11) is 2.76. The van der Waals surface area contributed by atoms with Gasteiger partial charge in [0.25, 0.3) is 0 Å². The van der Waals surface area contributed by atoms with Gasteiger partial charge in [-0.25, -0.2) is 9.59 Å². The second-order valence-corrected chi connectivity index (χ2v) is 11.5. The molecule has 0 saturated heterocycles. The van der Waals surface area contributed by atoms with Crippen LogP contribution in [0, 0.1) is 0 Å². The van der Waals surface area contributed by atoms with Gasteiger partial charge in [0.2, 0.25) is 0 Å². The van der Waals surface area contributed by atoms with Gasteiger partial charge in [0.15, 0.2) is 12.2 Å². The van der Waals surface area contributed by atoms with E-state index in [1.807, 2.05) is 12.1 Å². The van der Waals surface area contributed by atoms with Gasteiger partial charge in [-0.2, -0.15) is 0 Å². The maximum Gasteiger partial charge on any atom is 0.337 e. The van der Waals surface area contributed by atoms with Gasteiger partial charge < -0.3 is 19.7 Å². The summed E-state index contributed by atoms with van der Waals surface area (Å²) in [5.41, 5.74) is 1.32. The van der Waals surface area contributed by atoms with Crippen molar-refractivity contribution in [3.8, 4) is 0 Å². The molecule has 0 saturated carbocycles. The Morgan fingerprint density at radius 1 is 0.727 bits per heavy atom. The second kappa shape index (κ2) is 20.7. The first-order valence-corrected chi connectivity index (χ1v) is 15.3. The number of aliphatic carboxylic acids is 2. The zero-order chi connectivity index (χ0) is 24.9. The number of methoxy groups -OCH3 is 2. The molecule has 0 amide bonds. The molecular formula is C26H38O6Sn. The van der Waals surface area contributed by atoms with E-state index in [-0.39, 0.29) is 21.1 Å². The Bertz CT molecular complexity index is 675. The minimum Gasteiger partial charge on any atom is -0.479 e. The van der Waals surface area contributed by atoms with E-state index in [0.29, 0.717) is 11.1 Å².